The summed E-state index contributed by atoms with van der Waals surface area (Å²) < 4.78 is 11.1. The Bertz CT molecular complexity index is 901. The quantitative estimate of drug-likeness (QED) is 0.539. The fourth-order valence-electron chi connectivity index (χ4n) is 2.41. The molecule has 0 spiro atoms. The Balaban J connectivity index is 2.29. The molecule has 0 aliphatic rings. The molecule has 0 aromatic heterocycles. The molecule has 5 nitrogen and oxygen atoms in total. The second kappa shape index (κ2) is 9.65. The molecule has 140 valence electrons. The number of benzene rings is 2. The minimum atomic E-state index is -0.505. The van der Waals surface area contributed by atoms with Crippen LogP contribution in [0.5, 0.6) is 11.5 Å². The van der Waals surface area contributed by atoms with Crippen molar-refractivity contribution in [1.29, 1.82) is 5.26 Å². The molecular formula is C21H21ClN2O3. The van der Waals surface area contributed by atoms with Gasteiger partial charge in [0.15, 0.2) is 11.5 Å². The highest BCUT2D eigenvalue weighted by Crippen LogP contribution is 2.29. The van der Waals surface area contributed by atoms with E-state index in [0.29, 0.717) is 41.0 Å². The second-order valence-corrected chi connectivity index (χ2v) is 6.02. The highest BCUT2D eigenvalue weighted by atomic mass is 35.5. The zero-order chi connectivity index (χ0) is 19.8. The largest absolute Gasteiger partial charge is 0.490 e. The molecule has 0 unspecified atom stereocenters. The van der Waals surface area contributed by atoms with Gasteiger partial charge in [0, 0.05) is 10.7 Å². The highest BCUT2D eigenvalue weighted by Gasteiger charge is 2.13. The number of carbonyl (C=O) groups excluding carboxylic acids is 1. The smallest absolute Gasteiger partial charge is 0.266 e. The zero-order valence-electron chi connectivity index (χ0n) is 15.5. The van der Waals surface area contributed by atoms with Crippen LogP contribution in [0.25, 0.3) is 6.08 Å². The van der Waals surface area contributed by atoms with Crippen LogP contribution in [0.1, 0.15) is 25.0 Å². The summed E-state index contributed by atoms with van der Waals surface area (Å²) in [6, 6.07) is 12.4. The molecule has 1 amide bonds. The normalized spacial score (nSPS) is 10.9. The molecule has 2 aromatic carbocycles. The Morgan fingerprint density at radius 3 is 2.56 bits per heavy atom. The van der Waals surface area contributed by atoms with E-state index in [1.807, 2.05) is 19.9 Å². The van der Waals surface area contributed by atoms with E-state index in [-0.39, 0.29) is 5.57 Å². The summed E-state index contributed by atoms with van der Waals surface area (Å²) in [5.74, 6) is 0.681. The topological polar surface area (TPSA) is 71.3 Å². The summed E-state index contributed by atoms with van der Waals surface area (Å²) in [5, 5.41) is 12.7. The summed E-state index contributed by atoms with van der Waals surface area (Å²) >= 11 is 6.07. The molecule has 0 aliphatic heterocycles. The van der Waals surface area contributed by atoms with Gasteiger partial charge in [-0.2, -0.15) is 5.26 Å². The monoisotopic (exact) mass is 384 g/mol. The van der Waals surface area contributed by atoms with E-state index in [9.17, 15) is 10.1 Å². The highest BCUT2D eigenvalue weighted by molar-refractivity contribution is 6.31. The lowest BCUT2D eigenvalue weighted by Gasteiger charge is -2.12. The number of ether oxygens (including phenoxy) is 2. The number of rotatable bonds is 7. The molecule has 0 aliphatic carbocycles. The predicted molar refractivity (Wildman–Crippen MR) is 107 cm³/mol. The van der Waals surface area contributed by atoms with Crippen molar-refractivity contribution in [3.05, 3.63) is 58.1 Å². The third-order valence-electron chi connectivity index (χ3n) is 3.76. The van der Waals surface area contributed by atoms with Crippen molar-refractivity contribution in [3.8, 4) is 17.6 Å². The van der Waals surface area contributed by atoms with Crippen LogP contribution in [0, 0.1) is 18.3 Å². The zero-order valence-corrected chi connectivity index (χ0v) is 16.3. The van der Waals surface area contributed by atoms with Crippen molar-refractivity contribution in [1.82, 2.24) is 0 Å². The van der Waals surface area contributed by atoms with E-state index in [0.717, 1.165) is 5.56 Å². The fourth-order valence-corrected chi connectivity index (χ4v) is 2.58. The molecule has 0 saturated heterocycles. The average molecular weight is 385 g/mol. The van der Waals surface area contributed by atoms with Crippen LogP contribution in [0.15, 0.2) is 42.0 Å². The predicted octanol–water partition coefficient (Wildman–Crippen LogP) is 4.99. The minimum absolute atomic E-state index is 0.0269. The molecule has 2 rings (SSSR count). The molecule has 1 N–H and O–H groups in total. The molecule has 0 fully saturated rings. The first-order chi connectivity index (χ1) is 13.0. The third kappa shape index (κ3) is 5.25. The molecule has 2 aromatic rings. The average Bonchev–Trinajstić information content (AvgIpc) is 2.65. The van der Waals surface area contributed by atoms with Crippen molar-refractivity contribution in [2.75, 3.05) is 18.5 Å². The Labute approximate surface area is 164 Å². The Morgan fingerprint density at radius 2 is 1.89 bits per heavy atom. The summed E-state index contributed by atoms with van der Waals surface area (Å²) in [5.41, 5.74) is 1.94. The maximum absolute atomic E-state index is 12.5. The van der Waals surface area contributed by atoms with Crippen LogP contribution >= 0.6 is 11.6 Å². The fraction of sp³-hybridized carbons (Fsp3) is 0.238. The number of halogens is 1. The molecule has 0 saturated carbocycles. The lowest BCUT2D eigenvalue weighted by atomic mass is 10.1. The van der Waals surface area contributed by atoms with Crippen molar-refractivity contribution < 1.29 is 14.3 Å². The summed E-state index contributed by atoms with van der Waals surface area (Å²) in [6.45, 7) is 6.56. The molecule has 0 bridgehead atoms. The van der Waals surface area contributed by atoms with E-state index in [1.165, 1.54) is 6.08 Å². The number of anilines is 1. The van der Waals surface area contributed by atoms with Crippen LogP contribution in [-0.2, 0) is 4.79 Å². The number of nitrogens with one attached hydrogen (secondary N) is 1. The summed E-state index contributed by atoms with van der Waals surface area (Å²) in [6.07, 6.45) is 1.51. The van der Waals surface area contributed by atoms with Crippen LogP contribution < -0.4 is 14.8 Å². The van der Waals surface area contributed by atoms with Crippen molar-refractivity contribution in [2.45, 2.75) is 20.8 Å². The molecule has 0 atom stereocenters. The molecule has 6 heteroatoms. The van der Waals surface area contributed by atoms with Gasteiger partial charge < -0.3 is 14.8 Å². The van der Waals surface area contributed by atoms with Crippen LogP contribution in [0.3, 0.4) is 0 Å². The summed E-state index contributed by atoms with van der Waals surface area (Å²) in [7, 11) is 0. The Morgan fingerprint density at radius 1 is 1.19 bits per heavy atom. The van der Waals surface area contributed by atoms with Gasteiger partial charge >= 0.3 is 0 Å². The number of amides is 1. The van der Waals surface area contributed by atoms with E-state index >= 15 is 0 Å². The standard InChI is InChI=1S/C21H21ClN2O3/c1-4-26-19-10-9-15(12-20(19)27-5-2)11-16(13-23)21(25)24-18-8-6-7-17(22)14(18)3/h6-12H,4-5H2,1-3H3,(H,24,25). The molecule has 0 radical (unpaired) electrons. The maximum atomic E-state index is 12.5. The van der Waals surface area contributed by atoms with Crippen molar-refractivity contribution in [2.24, 2.45) is 0 Å². The van der Waals surface area contributed by atoms with Gasteiger partial charge in [0.1, 0.15) is 11.6 Å². The van der Waals surface area contributed by atoms with Gasteiger partial charge in [-0.05, 0) is 62.2 Å². The van der Waals surface area contributed by atoms with Gasteiger partial charge in [-0.1, -0.05) is 23.7 Å². The van der Waals surface area contributed by atoms with Gasteiger partial charge in [0.2, 0.25) is 0 Å². The first kappa shape index (κ1) is 20.3. The van der Waals surface area contributed by atoms with E-state index < -0.39 is 5.91 Å². The van der Waals surface area contributed by atoms with E-state index in [4.69, 9.17) is 21.1 Å². The van der Waals surface area contributed by atoms with Gasteiger partial charge in [0.05, 0.1) is 13.2 Å². The molecule has 0 heterocycles. The van der Waals surface area contributed by atoms with Gasteiger partial charge in [0.25, 0.3) is 5.91 Å². The van der Waals surface area contributed by atoms with Crippen LogP contribution in [-0.4, -0.2) is 19.1 Å². The van der Waals surface area contributed by atoms with Gasteiger partial charge in [-0.25, -0.2) is 0 Å². The maximum Gasteiger partial charge on any atom is 0.266 e. The van der Waals surface area contributed by atoms with Crippen molar-refractivity contribution in [3.63, 3.8) is 0 Å². The van der Waals surface area contributed by atoms with E-state index in [2.05, 4.69) is 5.32 Å². The first-order valence-corrected chi connectivity index (χ1v) is 8.95. The van der Waals surface area contributed by atoms with Crippen LogP contribution in [0.4, 0.5) is 5.69 Å². The van der Waals surface area contributed by atoms with Crippen molar-refractivity contribution >= 4 is 29.3 Å². The lowest BCUT2D eigenvalue weighted by Crippen LogP contribution is -2.14. The Hall–Kier alpha value is -2.97. The van der Waals surface area contributed by atoms with Crippen LogP contribution in [0.2, 0.25) is 5.02 Å². The number of carbonyl (C=O) groups is 1. The SMILES string of the molecule is CCOc1ccc(C=C(C#N)C(=O)Nc2cccc(Cl)c2C)cc1OCC. The van der Waals surface area contributed by atoms with E-state index in [1.54, 1.807) is 43.3 Å². The molecule has 27 heavy (non-hydrogen) atoms. The number of nitriles is 1. The van der Waals surface area contributed by atoms with Gasteiger partial charge in [-0.15, -0.1) is 0 Å². The number of hydrogen-bond donors (Lipinski definition) is 1. The van der Waals surface area contributed by atoms with Gasteiger partial charge in [-0.3, -0.25) is 4.79 Å². The minimum Gasteiger partial charge on any atom is -0.490 e. The number of hydrogen-bond acceptors (Lipinski definition) is 4. The summed E-state index contributed by atoms with van der Waals surface area (Å²) in [4.78, 5) is 12.5. The lowest BCUT2D eigenvalue weighted by molar-refractivity contribution is -0.112. The molecular weight excluding hydrogens is 364 g/mol. The number of nitrogens with zero attached hydrogens (tertiary/aromatic N) is 1. The third-order valence-corrected chi connectivity index (χ3v) is 4.17. The Kier molecular flexibility index (Phi) is 7.27. The second-order valence-electron chi connectivity index (χ2n) is 5.61. The first-order valence-electron chi connectivity index (χ1n) is 8.58.